The van der Waals surface area contributed by atoms with Crippen molar-refractivity contribution >= 4 is 28.3 Å². The number of carbonyl (C=O) groups excluding carboxylic acids is 1. The molecule has 1 unspecified atom stereocenters. The van der Waals surface area contributed by atoms with Gasteiger partial charge in [-0.3, -0.25) is 4.79 Å². The number of nitrogens with zero attached hydrogens (tertiary/aromatic N) is 2. The average molecular weight is 289 g/mol. The molecule has 0 bridgehead atoms. The fourth-order valence-corrected chi connectivity index (χ4v) is 3.04. The van der Waals surface area contributed by atoms with Crippen molar-refractivity contribution in [2.24, 2.45) is 5.92 Å². The zero-order chi connectivity index (χ0) is 14.1. The molecule has 2 heterocycles. The molecule has 0 N–H and O–H groups in total. The lowest BCUT2D eigenvalue weighted by Crippen LogP contribution is -2.29. The highest BCUT2D eigenvalue weighted by molar-refractivity contribution is 6.34. The van der Waals surface area contributed by atoms with Crippen molar-refractivity contribution in [1.82, 2.24) is 9.88 Å². The quantitative estimate of drug-likeness (QED) is 0.788. The van der Waals surface area contributed by atoms with E-state index in [-0.39, 0.29) is 5.91 Å². The third kappa shape index (κ3) is 2.38. The Morgan fingerprint density at radius 1 is 1.45 bits per heavy atom. The van der Waals surface area contributed by atoms with Crippen LogP contribution in [0.3, 0.4) is 0 Å². The predicted molar refractivity (Wildman–Crippen MR) is 81.1 cm³/mol. The van der Waals surface area contributed by atoms with Crippen LogP contribution in [0.4, 0.5) is 0 Å². The van der Waals surface area contributed by atoms with E-state index in [4.69, 9.17) is 11.6 Å². The Kier molecular flexibility index (Phi) is 3.62. The summed E-state index contributed by atoms with van der Waals surface area (Å²) in [5.41, 5.74) is 0.449. The largest absolute Gasteiger partial charge is 0.337 e. The van der Waals surface area contributed by atoms with Crippen LogP contribution in [0.5, 0.6) is 0 Å². The molecule has 1 saturated heterocycles. The molecule has 2 aromatic rings. The fourth-order valence-electron chi connectivity index (χ4n) is 2.78. The lowest BCUT2D eigenvalue weighted by molar-refractivity contribution is 0.0781. The first-order chi connectivity index (χ1) is 9.69. The summed E-state index contributed by atoms with van der Waals surface area (Å²) in [7, 11) is 0. The van der Waals surface area contributed by atoms with Gasteiger partial charge >= 0.3 is 0 Å². The maximum absolute atomic E-state index is 12.5. The van der Waals surface area contributed by atoms with E-state index in [0.717, 1.165) is 36.7 Å². The Bertz CT molecular complexity index is 656. The summed E-state index contributed by atoms with van der Waals surface area (Å²) < 4.78 is 0. The van der Waals surface area contributed by atoms with Crippen LogP contribution in [0.25, 0.3) is 10.8 Å². The summed E-state index contributed by atoms with van der Waals surface area (Å²) in [6.07, 6.45) is 2.21. The van der Waals surface area contributed by atoms with Gasteiger partial charge in [0.25, 0.3) is 5.91 Å². The molecule has 1 aromatic carbocycles. The molecule has 1 amide bonds. The number of rotatable bonds is 2. The highest BCUT2D eigenvalue weighted by atomic mass is 35.5. The Balaban J connectivity index is 1.92. The van der Waals surface area contributed by atoms with E-state index in [9.17, 15) is 4.79 Å². The molecular weight excluding hydrogens is 272 g/mol. The van der Waals surface area contributed by atoms with Gasteiger partial charge in [-0.2, -0.15) is 0 Å². The van der Waals surface area contributed by atoms with Gasteiger partial charge in [0.15, 0.2) is 0 Å². The topological polar surface area (TPSA) is 33.2 Å². The third-order valence-electron chi connectivity index (χ3n) is 4.06. The number of amides is 1. The van der Waals surface area contributed by atoms with Crippen LogP contribution in [0.15, 0.2) is 30.3 Å². The molecule has 4 heteroatoms. The van der Waals surface area contributed by atoms with Gasteiger partial charge in [-0.15, -0.1) is 0 Å². The van der Waals surface area contributed by atoms with Crippen LogP contribution in [-0.2, 0) is 0 Å². The summed E-state index contributed by atoms with van der Waals surface area (Å²) in [5.74, 6) is 0.614. The summed E-state index contributed by atoms with van der Waals surface area (Å²) in [6, 6.07) is 9.57. The van der Waals surface area contributed by atoms with Crippen molar-refractivity contribution in [2.45, 2.75) is 19.8 Å². The first kappa shape index (κ1) is 13.4. The van der Waals surface area contributed by atoms with E-state index in [0.29, 0.717) is 16.8 Å². The maximum Gasteiger partial charge on any atom is 0.272 e. The molecule has 0 aliphatic carbocycles. The Labute approximate surface area is 123 Å². The SMILES string of the molecule is CCC1CCN(C(=O)c2cc3ccccc3c(Cl)n2)C1. The molecule has 1 aliphatic rings. The number of hydrogen-bond donors (Lipinski definition) is 0. The van der Waals surface area contributed by atoms with E-state index >= 15 is 0 Å². The molecule has 1 aromatic heterocycles. The van der Waals surface area contributed by atoms with Gasteiger partial charge in [0.05, 0.1) is 0 Å². The molecule has 1 aliphatic heterocycles. The second kappa shape index (κ2) is 5.41. The van der Waals surface area contributed by atoms with Crippen molar-refractivity contribution in [3.8, 4) is 0 Å². The van der Waals surface area contributed by atoms with Crippen LogP contribution in [-0.4, -0.2) is 28.9 Å². The number of fused-ring (bicyclic) bond motifs is 1. The number of pyridine rings is 1. The van der Waals surface area contributed by atoms with Gasteiger partial charge in [0.1, 0.15) is 10.8 Å². The van der Waals surface area contributed by atoms with Crippen molar-refractivity contribution < 1.29 is 4.79 Å². The van der Waals surface area contributed by atoms with Crippen molar-refractivity contribution in [3.63, 3.8) is 0 Å². The average Bonchev–Trinajstić information content (AvgIpc) is 2.95. The predicted octanol–water partition coefficient (Wildman–Crippen LogP) is 3.76. The normalized spacial score (nSPS) is 18.7. The Morgan fingerprint density at radius 2 is 2.25 bits per heavy atom. The van der Waals surface area contributed by atoms with Gasteiger partial charge < -0.3 is 4.90 Å². The van der Waals surface area contributed by atoms with E-state index in [2.05, 4.69) is 11.9 Å². The lowest BCUT2D eigenvalue weighted by atomic mass is 10.1. The smallest absolute Gasteiger partial charge is 0.272 e. The van der Waals surface area contributed by atoms with Gasteiger partial charge in [-0.1, -0.05) is 49.2 Å². The van der Waals surface area contributed by atoms with Crippen LogP contribution in [0, 0.1) is 5.92 Å². The first-order valence-electron chi connectivity index (χ1n) is 7.03. The summed E-state index contributed by atoms with van der Waals surface area (Å²) in [5, 5.41) is 2.25. The minimum atomic E-state index is -0.00592. The standard InChI is InChI=1S/C16H17ClN2O/c1-2-11-7-8-19(10-11)16(20)14-9-12-5-3-4-6-13(12)15(17)18-14/h3-6,9,11H,2,7-8,10H2,1H3. The van der Waals surface area contributed by atoms with Crippen LogP contribution in [0.2, 0.25) is 5.15 Å². The number of benzene rings is 1. The zero-order valence-electron chi connectivity index (χ0n) is 11.5. The minimum absolute atomic E-state index is 0.00592. The van der Waals surface area contributed by atoms with Gasteiger partial charge in [-0.05, 0) is 23.8 Å². The Morgan fingerprint density at radius 3 is 3.00 bits per heavy atom. The molecule has 3 rings (SSSR count). The molecule has 1 fully saturated rings. The van der Waals surface area contributed by atoms with E-state index in [1.807, 2.05) is 35.2 Å². The van der Waals surface area contributed by atoms with E-state index in [1.54, 1.807) is 0 Å². The van der Waals surface area contributed by atoms with Crippen molar-refractivity contribution in [3.05, 3.63) is 41.2 Å². The zero-order valence-corrected chi connectivity index (χ0v) is 12.2. The number of aromatic nitrogens is 1. The summed E-state index contributed by atoms with van der Waals surface area (Å²) >= 11 is 6.19. The molecule has 1 atom stereocenters. The maximum atomic E-state index is 12.5. The molecule has 3 nitrogen and oxygen atoms in total. The highest BCUT2D eigenvalue weighted by Crippen LogP contribution is 2.25. The van der Waals surface area contributed by atoms with Crippen molar-refractivity contribution in [2.75, 3.05) is 13.1 Å². The lowest BCUT2D eigenvalue weighted by Gasteiger charge is -2.16. The molecule has 20 heavy (non-hydrogen) atoms. The Hall–Kier alpha value is -1.61. The fraction of sp³-hybridized carbons (Fsp3) is 0.375. The minimum Gasteiger partial charge on any atom is -0.337 e. The van der Waals surface area contributed by atoms with Gasteiger partial charge in [0, 0.05) is 18.5 Å². The van der Waals surface area contributed by atoms with Crippen LogP contribution in [0.1, 0.15) is 30.3 Å². The van der Waals surface area contributed by atoms with E-state index in [1.165, 1.54) is 0 Å². The number of likely N-dealkylation sites (tertiary alicyclic amines) is 1. The second-order valence-electron chi connectivity index (χ2n) is 5.33. The van der Waals surface area contributed by atoms with Crippen LogP contribution < -0.4 is 0 Å². The van der Waals surface area contributed by atoms with Crippen LogP contribution >= 0.6 is 11.6 Å². The molecule has 0 spiro atoms. The van der Waals surface area contributed by atoms with Crippen molar-refractivity contribution in [1.29, 1.82) is 0 Å². The number of halogens is 1. The molecular formula is C16H17ClN2O. The van der Waals surface area contributed by atoms with Gasteiger partial charge in [-0.25, -0.2) is 4.98 Å². The van der Waals surface area contributed by atoms with Gasteiger partial charge in [0.2, 0.25) is 0 Å². The summed E-state index contributed by atoms with van der Waals surface area (Å²) in [6.45, 7) is 3.83. The number of hydrogen-bond acceptors (Lipinski definition) is 2. The molecule has 0 saturated carbocycles. The second-order valence-corrected chi connectivity index (χ2v) is 5.69. The first-order valence-corrected chi connectivity index (χ1v) is 7.41. The highest BCUT2D eigenvalue weighted by Gasteiger charge is 2.26. The monoisotopic (exact) mass is 288 g/mol. The molecule has 104 valence electrons. The third-order valence-corrected chi connectivity index (χ3v) is 4.35. The summed E-state index contributed by atoms with van der Waals surface area (Å²) in [4.78, 5) is 18.7. The molecule has 0 radical (unpaired) electrons. The number of carbonyl (C=O) groups is 1. The van der Waals surface area contributed by atoms with E-state index < -0.39 is 0 Å².